The number of carbonyl (C=O) groups excluding carboxylic acids is 1. The minimum absolute atomic E-state index is 0.125. The van der Waals surface area contributed by atoms with E-state index in [0.717, 1.165) is 0 Å². The predicted molar refractivity (Wildman–Crippen MR) is 71.5 cm³/mol. The Morgan fingerprint density at radius 2 is 2.00 bits per heavy atom. The Balaban J connectivity index is 2.36. The first-order chi connectivity index (χ1) is 9.27. The number of ether oxygens (including phenoxy) is 1. The number of nitrogens with zero attached hydrogens (tertiary/aromatic N) is 1. The van der Waals surface area contributed by atoms with Crippen LogP contribution < -0.4 is 5.32 Å². The highest BCUT2D eigenvalue weighted by Crippen LogP contribution is 2.07. The van der Waals surface area contributed by atoms with Crippen LogP contribution in [0.4, 0.5) is 0 Å². The van der Waals surface area contributed by atoms with Crippen LogP contribution in [0.5, 0.6) is 0 Å². The molecule has 1 atom stereocenters. The van der Waals surface area contributed by atoms with Gasteiger partial charge in [0.1, 0.15) is 5.60 Å². The molecule has 0 bridgehead atoms. The van der Waals surface area contributed by atoms with E-state index in [9.17, 15) is 18.3 Å². The Bertz CT molecular complexity index is 417. The van der Waals surface area contributed by atoms with Gasteiger partial charge in [0, 0.05) is 26.1 Å². The van der Waals surface area contributed by atoms with Crippen molar-refractivity contribution in [2.45, 2.75) is 18.9 Å². The topological polar surface area (TPSA) is 116 Å². The molecule has 3 N–H and O–H groups in total. The summed E-state index contributed by atoms with van der Waals surface area (Å²) in [6.45, 7) is 2.11. The lowest BCUT2D eigenvalue weighted by atomic mass is 10.1. The van der Waals surface area contributed by atoms with Crippen molar-refractivity contribution in [1.82, 2.24) is 9.62 Å². The number of aliphatic hydroxyl groups excluding tert-OH is 1. The zero-order valence-electron chi connectivity index (χ0n) is 11.5. The fourth-order valence-electron chi connectivity index (χ4n) is 1.61. The van der Waals surface area contributed by atoms with E-state index < -0.39 is 28.1 Å². The van der Waals surface area contributed by atoms with Crippen LogP contribution in [0.2, 0.25) is 0 Å². The summed E-state index contributed by atoms with van der Waals surface area (Å²) in [7, 11) is -3.46. The van der Waals surface area contributed by atoms with Crippen molar-refractivity contribution in [1.29, 1.82) is 0 Å². The number of aliphatic hydroxyl groups is 2. The van der Waals surface area contributed by atoms with Gasteiger partial charge in [0.25, 0.3) is 0 Å². The van der Waals surface area contributed by atoms with Gasteiger partial charge < -0.3 is 20.3 Å². The molecule has 0 aliphatic carbocycles. The normalized spacial score (nSPS) is 20.4. The number of sulfonamides is 1. The van der Waals surface area contributed by atoms with E-state index in [1.165, 1.54) is 11.2 Å². The summed E-state index contributed by atoms with van der Waals surface area (Å²) in [4.78, 5) is 11.5. The molecule has 9 heteroatoms. The zero-order valence-corrected chi connectivity index (χ0v) is 12.4. The first kappa shape index (κ1) is 17.3. The summed E-state index contributed by atoms with van der Waals surface area (Å²) >= 11 is 0. The van der Waals surface area contributed by atoms with E-state index in [0.29, 0.717) is 26.3 Å². The maximum absolute atomic E-state index is 11.9. The number of hydrogen-bond acceptors (Lipinski definition) is 6. The third kappa shape index (κ3) is 5.71. The number of hydrogen-bond donors (Lipinski definition) is 3. The number of morpholine rings is 1. The third-order valence-electron chi connectivity index (χ3n) is 2.96. The van der Waals surface area contributed by atoms with Crippen LogP contribution in [0, 0.1) is 0 Å². The van der Waals surface area contributed by atoms with Gasteiger partial charge in [-0.3, -0.25) is 4.79 Å². The second kappa shape index (κ2) is 7.32. The molecule has 1 aliphatic heterocycles. The Hall–Kier alpha value is -0.740. The fourth-order valence-corrected chi connectivity index (χ4v) is 3.02. The quantitative estimate of drug-likeness (QED) is 0.496. The molecule has 0 radical (unpaired) electrons. The van der Waals surface area contributed by atoms with Gasteiger partial charge in [0.2, 0.25) is 15.9 Å². The van der Waals surface area contributed by atoms with Crippen LogP contribution in [0.1, 0.15) is 13.3 Å². The highest BCUT2D eigenvalue weighted by Gasteiger charge is 2.25. The average molecular weight is 310 g/mol. The Morgan fingerprint density at radius 1 is 1.40 bits per heavy atom. The summed E-state index contributed by atoms with van der Waals surface area (Å²) in [6.07, 6.45) is -0.179. The van der Waals surface area contributed by atoms with E-state index in [1.807, 2.05) is 0 Å². The Labute approximate surface area is 118 Å². The molecule has 0 saturated carbocycles. The SMILES string of the molecule is CC(O)(CO)CNC(=O)CCS(=O)(=O)N1CCOCC1. The standard InChI is InChI=1S/C11H22N2O6S/c1-11(16,9-14)8-12-10(15)2-7-20(17,18)13-3-5-19-6-4-13/h14,16H,2-9H2,1H3,(H,12,15). The summed E-state index contributed by atoms with van der Waals surface area (Å²) in [6, 6.07) is 0. The minimum Gasteiger partial charge on any atom is -0.393 e. The van der Waals surface area contributed by atoms with Crippen molar-refractivity contribution >= 4 is 15.9 Å². The molecule has 8 nitrogen and oxygen atoms in total. The summed E-state index contributed by atoms with van der Waals surface area (Å²) < 4.78 is 30.3. The summed E-state index contributed by atoms with van der Waals surface area (Å²) in [5.74, 6) is -0.754. The number of carbonyl (C=O) groups is 1. The molecule has 20 heavy (non-hydrogen) atoms. The lowest BCUT2D eigenvalue weighted by Crippen LogP contribution is -2.45. The third-order valence-corrected chi connectivity index (χ3v) is 4.83. The van der Waals surface area contributed by atoms with Crippen LogP contribution in [-0.2, 0) is 19.6 Å². The smallest absolute Gasteiger partial charge is 0.221 e. The van der Waals surface area contributed by atoms with Crippen molar-refractivity contribution in [3.8, 4) is 0 Å². The Kier molecular flexibility index (Phi) is 6.34. The van der Waals surface area contributed by atoms with E-state index in [-0.39, 0.29) is 18.7 Å². The number of rotatable bonds is 7. The molecule has 1 fully saturated rings. The highest BCUT2D eigenvalue weighted by molar-refractivity contribution is 7.89. The predicted octanol–water partition coefficient (Wildman–Crippen LogP) is -2.10. The molecule has 1 saturated heterocycles. The Morgan fingerprint density at radius 3 is 2.55 bits per heavy atom. The molecule has 118 valence electrons. The minimum atomic E-state index is -3.46. The molecular weight excluding hydrogens is 288 g/mol. The maximum Gasteiger partial charge on any atom is 0.221 e. The molecule has 1 aliphatic rings. The number of nitrogens with one attached hydrogen (secondary N) is 1. The average Bonchev–Trinajstić information content (AvgIpc) is 2.44. The van der Waals surface area contributed by atoms with E-state index in [1.54, 1.807) is 0 Å². The molecule has 0 spiro atoms. The zero-order chi connectivity index (χ0) is 15.2. The van der Waals surface area contributed by atoms with E-state index >= 15 is 0 Å². The van der Waals surface area contributed by atoms with Crippen molar-refractivity contribution < 1.29 is 28.2 Å². The van der Waals surface area contributed by atoms with Gasteiger partial charge in [-0.1, -0.05) is 0 Å². The van der Waals surface area contributed by atoms with E-state index in [2.05, 4.69) is 5.32 Å². The van der Waals surface area contributed by atoms with Gasteiger partial charge in [-0.15, -0.1) is 0 Å². The largest absolute Gasteiger partial charge is 0.393 e. The van der Waals surface area contributed by atoms with Gasteiger partial charge in [-0.05, 0) is 6.92 Å². The van der Waals surface area contributed by atoms with Crippen molar-refractivity contribution in [2.24, 2.45) is 0 Å². The molecule has 1 heterocycles. The van der Waals surface area contributed by atoms with Crippen molar-refractivity contribution in [2.75, 3.05) is 45.2 Å². The van der Waals surface area contributed by atoms with Gasteiger partial charge in [0.05, 0.1) is 25.6 Å². The van der Waals surface area contributed by atoms with Crippen LogP contribution in [0.25, 0.3) is 0 Å². The molecular formula is C11H22N2O6S. The maximum atomic E-state index is 11.9. The molecule has 0 aromatic rings. The van der Waals surface area contributed by atoms with Gasteiger partial charge in [-0.25, -0.2) is 8.42 Å². The molecule has 0 aromatic heterocycles. The van der Waals surface area contributed by atoms with Crippen LogP contribution in [-0.4, -0.2) is 79.7 Å². The molecule has 1 amide bonds. The van der Waals surface area contributed by atoms with Gasteiger partial charge >= 0.3 is 0 Å². The lowest BCUT2D eigenvalue weighted by Gasteiger charge is -2.26. The number of amides is 1. The molecule has 1 rings (SSSR count). The van der Waals surface area contributed by atoms with Crippen LogP contribution >= 0.6 is 0 Å². The first-order valence-electron chi connectivity index (χ1n) is 6.42. The van der Waals surface area contributed by atoms with Crippen LogP contribution in [0.3, 0.4) is 0 Å². The monoisotopic (exact) mass is 310 g/mol. The van der Waals surface area contributed by atoms with Gasteiger partial charge in [-0.2, -0.15) is 4.31 Å². The van der Waals surface area contributed by atoms with Crippen molar-refractivity contribution in [3.63, 3.8) is 0 Å². The van der Waals surface area contributed by atoms with Crippen molar-refractivity contribution in [3.05, 3.63) is 0 Å². The summed E-state index contributed by atoms with van der Waals surface area (Å²) in [5.41, 5.74) is -1.40. The summed E-state index contributed by atoms with van der Waals surface area (Å²) in [5, 5.41) is 20.7. The van der Waals surface area contributed by atoms with E-state index in [4.69, 9.17) is 9.84 Å². The fraction of sp³-hybridized carbons (Fsp3) is 0.909. The second-order valence-corrected chi connectivity index (χ2v) is 7.10. The highest BCUT2D eigenvalue weighted by atomic mass is 32.2. The first-order valence-corrected chi connectivity index (χ1v) is 8.03. The van der Waals surface area contributed by atoms with Gasteiger partial charge in [0.15, 0.2) is 0 Å². The molecule has 1 unspecified atom stereocenters. The second-order valence-electron chi connectivity index (χ2n) is 5.01. The lowest BCUT2D eigenvalue weighted by molar-refractivity contribution is -0.122. The molecule has 0 aromatic carbocycles. The van der Waals surface area contributed by atoms with Crippen LogP contribution in [0.15, 0.2) is 0 Å².